The summed E-state index contributed by atoms with van der Waals surface area (Å²) in [6.07, 6.45) is 4.50. The Balaban J connectivity index is 1.42. The van der Waals surface area contributed by atoms with Crippen LogP contribution in [0.5, 0.6) is 0 Å². The molecule has 8 heteroatoms. The van der Waals surface area contributed by atoms with Crippen LogP contribution in [0.1, 0.15) is 33.8 Å². The number of carboxylic acids is 1. The fourth-order valence-electron chi connectivity index (χ4n) is 4.12. The molecule has 1 aliphatic rings. The number of fused-ring (bicyclic) bond motifs is 3. The monoisotopic (exact) mass is 488 g/mol. The Bertz CT molecular complexity index is 1300. The van der Waals surface area contributed by atoms with E-state index in [2.05, 4.69) is 16.6 Å². The lowest BCUT2D eigenvalue weighted by Gasteiger charge is -2.18. The van der Waals surface area contributed by atoms with Crippen molar-refractivity contribution in [2.75, 3.05) is 11.9 Å². The summed E-state index contributed by atoms with van der Waals surface area (Å²) in [7, 11) is 0. The predicted molar refractivity (Wildman–Crippen MR) is 132 cm³/mol. The Hall–Kier alpha value is -4.28. The maximum Gasteiger partial charge on any atom is 0.407 e. The zero-order valence-corrected chi connectivity index (χ0v) is 19.2. The molecule has 0 fully saturated rings. The number of carboxylic acid groups (broad SMARTS) is 1. The Kier molecular flexibility index (Phi) is 7.04. The molecule has 2 amide bonds. The Morgan fingerprint density at radius 2 is 1.66 bits per heavy atom. The Morgan fingerprint density at radius 3 is 2.26 bits per heavy atom. The molecule has 1 unspecified atom stereocenters. The zero-order valence-electron chi connectivity index (χ0n) is 18.5. The summed E-state index contributed by atoms with van der Waals surface area (Å²) in [5.74, 6) is 0.398. The van der Waals surface area contributed by atoms with Crippen molar-refractivity contribution in [3.8, 4) is 23.5 Å². The number of hydrogen-bond acceptors (Lipinski definition) is 4. The third-order valence-corrected chi connectivity index (χ3v) is 5.90. The first-order chi connectivity index (χ1) is 16.9. The standard InChI is InChI=1S/C27H21ClN2O5/c1-2-7-24(25(31)29-18-13-16(26(32)33)12-17(28)14-18)30-27(34)35-15-23-21-10-5-3-8-19(21)20-9-4-6-11-22(20)23/h1,3-6,8-14,23-24H,7,15H2,(H,29,31)(H,30,34)(H,32,33). The predicted octanol–water partition coefficient (Wildman–Crippen LogP) is 4.91. The highest BCUT2D eigenvalue weighted by molar-refractivity contribution is 6.31. The van der Waals surface area contributed by atoms with Gasteiger partial charge < -0.3 is 20.5 Å². The summed E-state index contributed by atoms with van der Waals surface area (Å²) in [5, 5.41) is 14.4. The van der Waals surface area contributed by atoms with Gasteiger partial charge in [-0.05, 0) is 40.5 Å². The van der Waals surface area contributed by atoms with Crippen LogP contribution < -0.4 is 10.6 Å². The molecule has 4 rings (SSSR count). The molecular formula is C27H21ClN2O5. The minimum atomic E-state index is -1.19. The van der Waals surface area contributed by atoms with E-state index in [0.29, 0.717) is 0 Å². The third kappa shape index (κ3) is 5.29. The van der Waals surface area contributed by atoms with Crippen LogP contribution in [-0.2, 0) is 9.53 Å². The van der Waals surface area contributed by atoms with Gasteiger partial charge in [0, 0.05) is 23.0 Å². The molecule has 0 radical (unpaired) electrons. The number of benzene rings is 3. The first kappa shape index (κ1) is 23.9. The van der Waals surface area contributed by atoms with E-state index in [1.54, 1.807) is 0 Å². The number of carbonyl (C=O) groups is 3. The van der Waals surface area contributed by atoms with Gasteiger partial charge in [-0.1, -0.05) is 60.1 Å². The van der Waals surface area contributed by atoms with E-state index in [9.17, 15) is 19.5 Å². The highest BCUT2D eigenvalue weighted by atomic mass is 35.5. The number of anilines is 1. The van der Waals surface area contributed by atoms with Gasteiger partial charge in [-0.3, -0.25) is 4.79 Å². The summed E-state index contributed by atoms with van der Waals surface area (Å²) in [6, 6.07) is 18.7. The quantitative estimate of drug-likeness (QED) is 0.410. The van der Waals surface area contributed by atoms with Crippen LogP contribution in [0, 0.1) is 12.3 Å². The average molecular weight is 489 g/mol. The smallest absolute Gasteiger partial charge is 0.407 e. The van der Waals surface area contributed by atoms with Crippen molar-refractivity contribution in [2.24, 2.45) is 0 Å². The van der Waals surface area contributed by atoms with Gasteiger partial charge in [-0.25, -0.2) is 9.59 Å². The van der Waals surface area contributed by atoms with E-state index in [-0.39, 0.29) is 35.2 Å². The molecule has 0 saturated carbocycles. The van der Waals surface area contributed by atoms with E-state index in [1.807, 2.05) is 48.5 Å². The largest absolute Gasteiger partial charge is 0.478 e. The van der Waals surface area contributed by atoms with Crippen molar-refractivity contribution in [2.45, 2.75) is 18.4 Å². The van der Waals surface area contributed by atoms with Gasteiger partial charge >= 0.3 is 12.1 Å². The molecule has 0 saturated heterocycles. The molecule has 3 aromatic rings. The SMILES string of the molecule is C#CCC(NC(=O)OCC1c2ccccc2-c2ccccc21)C(=O)Nc1cc(Cl)cc(C(=O)O)c1. The first-order valence-electron chi connectivity index (χ1n) is 10.8. The van der Waals surface area contributed by atoms with Crippen molar-refractivity contribution < 1.29 is 24.2 Å². The summed E-state index contributed by atoms with van der Waals surface area (Å²) in [4.78, 5) is 36.6. The van der Waals surface area contributed by atoms with Crippen molar-refractivity contribution in [3.05, 3.63) is 88.4 Å². The number of nitrogens with one attached hydrogen (secondary N) is 2. The number of terminal acetylenes is 1. The minimum absolute atomic E-state index is 0.0838. The van der Waals surface area contributed by atoms with Gasteiger partial charge in [0.25, 0.3) is 0 Å². The maximum absolute atomic E-state index is 12.8. The number of ether oxygens (including phenoxy) is 1. The van der Waals surface area contributed by atoms with Crippen LogP contribution in [0.2, 0.25) is 5.02 Å². The summed E-state index contributed by atoms with van der Waals surface area (Å²) >= 11 is 5.94. The van der Waals surface area contributed by atoms with E-state index >= 15 is 0 Å². The molecule has 1 aliphatic carbocycles. The second-order valence-corrected chi connectivity index (χ2v) is 8.39. The number of amides is 2. The van der Waals surface area contributed by atoms with Crippen molar-refractivity contribution >= 4 is 35.3 Å². The molecule has 3 aromatic carbocycles. The highest BCUT2D eigenvalue weighted by Gasteiger charge is 2.29. The number of rotatable bonds is 7. The van der Waals surface area contributed by atoms with Crippen molar-refractivity contribution in [3.63, 3.8) is 0 Å². The third-order valence-electron chi connectivity index (χ3n) is 5.69. The molecule has 0 spiro atoms. The molecule has 1 atom stereocenters. The van der Waals surface area contributed by atoms with Crippen molar-refractivity contribution in [1.82, 2.24) is 5.32 Å². The van der Waals surface area contributed by atoms with Crippen LogP contribution in [0.25, 0.3) is 11.1 Å². The van der Waals surface area contributed by atoms with Crippen molar-refractivity contribution in [1.29, 1.82) is 0 Å². The molecule has 3 N–H and O–H groups in total. The normalized spacial score (nSPS) is 12.6. The van der Waals surface area contributed by atoms with Crippen LogP contribution in [-0.4, -0.2) is 35.7 Å². The van der Waals surface area contributed by atoms with Crippen LogP contribution in [0.4, 0.5) is 10.5 Å². The molecular weight excluding hydrogens is 468 g/mol. The van der Waals surface area contributed by atoms with E-state index < -0.39 is 24.0 Å². The summed E-state index contributed by atoms with van der Waals surface area (Å²) in [5.41, 5.74) is 4.40. The average Bonchev–Trinajstić information content (AvgIpc) is 3.16. The van der Waals surface area contributed by atoms with Gasteiger partial charge in [0.2, 0.25) is 5.91 Å². The lowest BCUT2D eigenvalue weighted by molar-refractivity contribution is -0.118. The van der Waals surface area contributed by atoms with E-state index in [0.717, 1.165) is 22.3 Å². The molecule has 35 heavy (non-hydrogen) atoms. The number of alkyl carbamates (subject to hydrolysis) is 1. The van der Waals surface area contributed by atoms with Crippen LogP contribution in [0.15, 0.2) is 66.7 Å². The molecule has 0 bridgehead atoms. The fourth-order valence-corrected chi connectivity index (χ4v) is 4.36. The Morgan fingerprint density at radius 1 is 1.03 bits per heavy atom. The lowest BCUT2D eigenvalue weighted by atomic mass is 9.98. The van der Waals surface area contributed by atoms with Gasteiger partial charge in [-0.15, -0.1) is 12.3 Å². The van der Waals surface area contributed by atoms with Gasteiger partial charge in [0.1, 0.15) is 12.6 Å². The number of halogens is 1. The van der Waals surface area contributed by atoms with E-state index in [1.165, 1.54) is 18.2 Å². The van der Waals surface area contributed by atoms with Crippen LogP contribution in [0.3, 0.4) is 0 Å². The highest BCUT2D eigenvalue weighted by Crippen LogP contribution is 2.44. The molecule has 7 nitrogen and oxygen atoms in total. The summed E-state index contributed by atoms with van der Waals surface area (Å²) < 4.78 is 5.49. The second-order valence-electron chi connectivity index (χ2n) is 7.95. The Labute approximate surface area is 207 Å². The lowest BCUT2D eigenvalue weighted by Crippen LogP contribution is -2.44. The van der Waals surface area contributed by atoms with Gasteiger partial charge in [0.05, 0.1) is 5.56 Å². The first-order valence-corrected chi connectivity index (χ1v) is 11.1. The van der Waals surface area contributed by atoms with Gasteiger partial charge in [0.15, 0.2) is 0 Å². The number of hydrogen-bond donors (Lipinski definition) is 3. The fraction of sp³-hybridized carbons (Fsp3) is 0.148. The topological polar surface area (TPSA) is 105 Å². The molecule has 0 aromatic heterocycles. The van der Waals surface area contributed by atoms with E-state index in [4.69, 9.17) is 22.8 Å². The number of aromatic carboxylic acids is 1. The minimum Gasteiger partial charge on any atom is -0.478 e. The molecule has 0 heterocycles. The zero-order chi connectivity index (χ0) is 24.9. The van der Waals surface area contributed by atoms with Crippen LogP contribution >= 0.6 is 11.6 Å². The number of carbonyl (C=O) groups excluding carboxylic acids is 2. The van der Waals surface area contributed by atoms with Gasteiger partial charge in [-0.2, -0.15) is 0 Å². The maximum atomic E-state index is 12.8. The molecule has 176 valence electrons. The molecule has 0 aliphatic heterocycles. The summed E-state index contributed by atoms with van der Waals surface area (Å²) in [6.45, 7) is 0.0838. The second kappa shape index (κ2) is 10.3.